The molecule has 2 aromatic rings. The van der Waals surface area contributed by atoms with Crippen molar-refractivity contribution in [3.8, 4) is 5.69 Å². The highest BCUT2D eigenvalue weighted by Gasteiger charge is 1.97. The maximum atomic E-state index is 11.3. The van der Waals surface area contributed by atoms with Gasteiger partial charge in [0.25, 0.3) is 0 Å². The number of hydrogen-bond donors (Lipinski definition) is 0. The summed E-state index contributed by atoms with van der Waals surface area (Å²) >= 11 is 1.19. The first kappa shape index (κ1) is 12.6. The van der Waals surface area contributed by atoms with Gasteiger partial charge >= 0.3 is 5.24 Å². The molecule has 0 aliphatic heterocycles. The van der Waals surface area contributed by atoms with Crippen LogP contribution in [-0.4, -0.2) is 20.8 Å². The topological polar surface area (TPSA) is 47.2 Å². The van der Waals surface area contributed by atoms with Crippen LogP contribution >= 0.6 is 11.8 Å². The first-order valence-electron chi connectivity index (χ1n) is 5.61. The fourth-order valence-electron chi connectivity index (χ4n) is 1.41. The second kappa shape index (κ2) is 6.16. The molecule has 0 saturated heterocycles. The zero-order valence-corrected chi connectivity index (χ0v) is 10.8. The van der Waals surface area contributed by atoms with Crippen LogP contribution in [0.3, 0.4) is 0 Å². The lowest BCUT2D eigenvalue weighted by Crippen LogP contribution is -2.09. The van der Waals surface area contributed by atoms with E-state index in [1.807, 2.05) is 37.3 Å². The number of aromatic nitrogens is 2. The summed E-state index contributed by atoms with van der Waals surface area (Å²) in [6.45, 7) is 1.92. The van der Waals surface area contributed by atoms with Crippen LogP contribution in [-0.2, 0) is 0 Å². The van der Waals surface area contributed by atoms with Crippen LogP contribution in [0.1, 0.15) is 6.92 Å². The predicted molar refractivity (Wildman–Crippen MR) is 72.7 cm³/mol. The van der Waals surface area contributed by atoms with Crippen LogP contribution in [0.4, 0.5) is 4.79 Å². The molecule has 18 heavy (non-hydrogen) atoms. The van der Waals surface area contributed by atoms with Crippen molar-refractivity contribution >= 4 is 17.0 Å². The number of benzene rings is 1. The van der Waals surface area contributed by atoms with Crippen LogP contribution in [0.25, 0.3) is 5.69 Å². The predicted octanol–water partition coefficient (Wildman–Crippen LogP) is 2.65. The first-order chi connectivity index (χ1) is 8.79. The maximum Gasteiger partial charge on any atom is 0.305 e. The van der Waals surface area contributed by atoms with Gasteiger partial charge in [0.05, 0.1) is 17.2 Å². The summed E-state index contributed by atoms with van der Waals surface area (Å²) in [5.41, 5.74) is 0.971. The largest absolute Gasteiger partial charge is 0.305 e. The van der Waals surface area contributed by atoms with Crippen molar-refractivity contribution in [3.63, 3.8) is 0 Å². The molecule has 0 aliphatic rings. The highest BCUT2D eigenvalue weighted by molar-refractivity contribution is 8.13. The van der Waals surface area contributed by atoms with E-state index in [-0.39, 0.29) is 5.24 Å². The molecule has 1 aromatic carbocycles. The number of rotatable bonds is 2. The molecule has 0 N–H and O–H groups in total. The lowest BCUT2D eigenvalue weighted by Gasteiger charge is -2.03. The van der Waals surface area contributed by atoms with Gasteiger partial charge in [0.2, 0.25) is 0 Å². The van der Waals surface area contributed by atoms with Crippen molar-refractivity contribution in [1.29, 1.82) is 0 Å². The van der Waals surface area contributed by atoms with E-state index in [1.54, 1.807) is 23.1 Å². The highest BCUT2D eigenvalue weighted by atomic mass is 32.2. The van der Waals surface area contributed by atoms with E-state index >= 15 is 0 Å². The van der Waals surface area contributed by atoms with Gasteiger partial charge in [0, 0.05) is 6.20 Å². The van der Waals surface area contributed by atoms with Gasteiger partial charge in [-0.15, -0.1) is 0 Å². The summed E-state index contributed by atoms with van der Waals surface area (Å²) in [6.07, 6.45) is 3.37. The second-order valence-corrected chi connectivity index (χ2v) is 4.69. The number of para-hydroxylation sites is 1. The monoisotopic (exact) mass is 259 g/mol. The first-order valence-corrected chi connectivity index (χ1v) is 6.60. The molecule has 0 radical (unpaired) electrons. The molecule has 92 valence electrons. The van der Waals surface area contributed by atoms with Crippen molar-refractivity contribution in [2.45, 2.75) is 6.92 Å². The van der Waals surface area contributed by atoms with Gasteiger partial charge in [-0.05, 0) is 24.0 Å². The minimum Gasteiger partial charge on any atom is -0.259 e. The SMILES string of the molecule is CCSC(=O)N=c1ccn(-c2ccccc2)nc1. The summed E-state index contributed by atoms with van der Waals surface area (Å²) in [5.74, 6) is 0.729. The number of thioether (sulfide) groups is 1. The number of nitrogens with zero attached hydrogens (tertiary/aromatic N) is 3. The molecular formula is C13H13N3OS. The Morgan fingerprint density at radius 1 is 1.33 bits per heavy atom. The summed E-state index contributed by atoms with van der Waals surface area (Å²) in [7, 11) is 0. The van der Waals surface area contributed by atoms with Gasteiger partial charge < -0.3 is 0 Å². The van der Waals surface area contributed by atoms with Crippen molar-refractivity contribution < 1.29 is 4.79 Å². The molecule has 4 nitrogen and oxygen atoms in total. The third kappa shape index (κ3) is 3.30. The van der Waals surface area contributed by atoms with E-state index in [9.17, 15) is 4.79 Å². The van der Waals surface area contributed by atoms with Crippen molar-refractivity contribution in [1.82, 2.24) is 9.78 Å². The molecule has 0 saturated carbocycles. The molecule has 0 spiro atoms. The van der Waals surface area contributed by atoms with Gasteiger partial charge in [-0.3, -0.25) is 4.79 Å². The Kier molecular flexibility index (Phi) is 4.30. The normalized spacial score (nSPS) is 11.5. The van der Waals surface area contributed by atoms with Gasteiger partial charge in [-0.25, -0.2) is 9.67 Å². The fourth-order valence-corrected chi connectivity index (χ4v) is 1.83. The average Bonchev–Trinajstić information content (AvgIpc) is 2.41. The third-order valence-electron chi connectivity index (χ3n) is 2.21. The molecule has 1 amide bonds. The molecule has 1 aromatic heterocycles. The minimum atomic E-state index is -0.184. The van der Waals surface area contributed by atoms with Crippen molar-refractivity contribution in [3.05, 3.63) is 54.1 Å². The number of amides is 1. The Morgan fingerprint density at radius 3 is 2.72 bits per heavy atom. The Bertz CT molecular complexity index is 572. The van der Waals surface area contributed by atoms with E-state index < -0.39 is 0 Å². The van der Waals surface area contributed by atoms with Gasteiger partial charge in [-0.2, -0.15) is 5.10 Å². The fraction of sp³-hybridized carbons (Fsp3) is 0.154. The highest BCUT2D eigenvalue weighted by Crippen LogP contribution is 2.03. The molecule has 2 rings (SSSR count). The van der Waals surface area contributed by atoms with Crippen LogP contribution in [0, 0.1) is 0 Å². The molecule has 0 bridgehead atoms. The Hall–Kier alpha value is -1.88. The van der Waals surface area contributed by atoms with E-state index in [0.717, 1.165) is 11.4 Å². The van der Waals surface area contributed by atoms with Crippen molar-refractivity contribution in [2.75, 3.05) is 5.75 Å². The van der Waals surface area contributed by atoms with Crippen LogP contribution < -0.4 is 5.36 Å². The standard InChI is InChI=1S/C13H13N3OS/c1-2-18-13(17)15-11-8-9-16(14-10-11)12-6-4-3-5-7-12/h3-10H,2H2,1H3. The molecular weight excluding hydrogens is 246 g/mol. The lowest BCUT2D eigenvalue weighted by atomic mass is 10.3. The number of carbonyl (C=O) groups excluding carboxylic acids is 1. The zero-order valence-electron chi connectivity index (χ0n) is 9.98. The summed E-state index contributed by atoms with van der Waals surface area (Å²) < 4.78 is 1.73. The minimum absolute atomic E-state index is 0.184. The Labute approximate surface area is 109 Å². The number of carbonyl (C=O) groups is 1. The molecule has 5 heteroatoms. The zero-order chi connectivity index (χ0) is 12.8. The molecule has 0 atom stereocenters. The van der Waals surface area contributed by atoms with Crippen LogP contribution in [0.2, 0.25) is 0 Å². The molecule has 1 heterocycles. The lowest BCUT2D eigenvalue weighted by molar-refractivity contribution is 0.267. The Morgan fingerprint density at radius 2 is 2.11 bits per heavy atom. The van der Waals surface area contributed by atoms with Gasteiger partial charge in [-0.1, -0.05) is 36.9 Å². The Balaban J connectivity index is 2.23. The molecule has 0 aliphatic carbocycles. The summed E-state index contributed by atoms with van der Waals surface area (Å²) in [5, 5.41) is 4.62. The smallest absolute Gasteiger partial charge is 0.259 e. The van der Waals surface area contributed by atoms with E-state index in [1.165, 1.54) is 11.8 Å². The molecule has 0 fully saturated rings. The van der Waals surface area contributed by atoms with E-state index in [4.69, 9.17) is 0 Å². The van der Waals surface area contributed by atoms with Crippen molar-refractivity contribution in [2.24, 2.45) is 4.99 Å². The number of hydrogen-bond acceptors (Lipinski definition) is 3. The van der Waals surface area contributed by atoms with Crippen LogP contribution in [0.5, 0.6) is 0 Å². The van der Waals surface area contributed by atoms with Crippen LogP contribution in [0.15, 0.2) is 53.8 Å². The second-order valence-electron chi connectivity index (χ2n) is 3.48. The van der Waals surface area contributed by atoms with Gasteiger partial charge in [0.15, 0.2) is 0 Å². The van der Waals surface area contributed by atoms with E-state index in [2.05, 4.69) is 10.1 Å². The average molecular weight is 259 g/mol. The van der Waals surface area contributed by atoms with Gasteiger partial charge in [0.1, 0.15) is 0 Å². The summed E-state index contributed by atoms with van der Waals surface area (Å²) in [6, 6.07) is 11.5. The third-order valence-corrected chi connectivity index (χ3v) is 2.84. The molecule has 0 unspecified atom stereocenters. The maximum absolute atomic E-state index is 11.3. The summed E-state index contributed by atoms with van der Waals surface area (Å²) in [4.78, 5) is 15.3. The van der Waals surface area contributed by atoms with E-state index in [0.29, 0.717) is 5.36 Å². The quantitative estimate of drug-likeness (QED) is 0.833.